The van der Waals surface area contributed by atoms with Gasteiger partial charge in [0.05, 0.1) is 5.75 Å². The Hall–Kier alpha value is -1.24. The molecule has 0 rings (SSSR count). The molecule has 0 amide bonds. The third-order valence-electron chi connectivity index (χ3n) is 7.49. The number of hydrogen-bond donors (Lipinski definition) is 0. The van der Waals surface area contributed by atoms with E-state index < -0.39 is 6.10 Å². The van der Waals surface area contributed by atoms with Gasteiger partial charge in [0.2, 0.25) is 0 Å². The lowest BCUT2D eigenvalue weighted by molar-refractivity contribution is -0.165. The molecular weight excluding hydrogens is 548 g/mol. The maximum absolute atomic E-state index is 12.5. The third-order valence-corrected chi connectivity index (χ3v) is 8.51. The van der Waals surface area contributed by atoms with E-state index in [2.05, 4.69) is 20.8 Å². The molecule has 6 nitrogen and oxygen atoms in total. The zero-order valence-corrected chi connectivity index (χ0v) is 28.6. The van der Waals surface area contributed by atoms with Crippen molar-refractivity contribution >= 4 is 29.7 Å². The van der Waals surface area contributed by atoms with Crippen molar-refractivity contribution in [2.45, 2.75) is 181 Å². The van der Waals surface area contributed by atoms with Crippen LogP contribution in [0.2, 0.25) is 0 Å². The fourth-order valence-corrected chi connectivity index (χ4v) is 5.59. The lowest BCUT2D eigenvalue weighted by Crippen LogP contribution is -2.31. The molecule has 0 aromatic rings. The molecule has 42 heavy (non-hydrogen) atoms. The molecule has 0 aliphatic heterocycles. The Balaban J connectivity index is 4.18. The zero-order valence-electron chi connectivity index (χ0n) is 27.7. The molecule has 0 bridgehead atoms. The van der Waals surface area contributed by atoms with Gasteiger partial charge in [-0.25, -0.2) is 0 Å². The maximum Gasteiger partial charge on any atom is 0.316 e. The highest BCUT2D eigenvalue weighted by Gasteiger charge is 2.19. The molecule has 0 atom stereocenters. The molecular formula is C35H66O6S. The van der Waals surface area contributed by atoms with Crippen LogP contribution in [0.5, 0.6) is 0 Å². The summed E-state index contributed by atoms with van der Waals surface area (Å²) in [5.74, 6) is 0.241. The number of carbonyl (C=O) groups is 3. The van der Waals surface area contributed by atoms with Crippen molar-refractivity contribution in [1.82, 2.24) is 0 Å². The smallest absolute Gasteiger partial charge is 0.316 e. The van der Waals surface area contributed by atoms with E-state index in [0.29, 0.717) is 12.8 Å². The van der Waals surface area contributed by atoms with Gasteiger partial charge in [-0.3, -0.25) is 14.4 Å². The Bertz CT molecular complexity index is 597. The summed E-state index contributed by atoms with van der Waals surface area (Å²) in [5, 5.41) is 0. The van der Waals surface area contributed by atoms with Crippen molar-refractivity contribution < 1.29 is 28.6 Å². The number of carbonyl (C=O) groups excluding carboxylic acids is 3. The highest BCUT2D eigenvalue weighted by atomic mass is 32.2. The Morgan fingerprint density at radius 2 is 0.833 bits per heavy atom. The Labute approximate surface area is 263 Å². The second kappa shape index (κ2) is 32.7. The number of hydrogen-bond acceptors (Lipinski definition) is 7. The van der Waals surface area contributed by atoms with Crippen LogP contribution in [0.3, 0.4) is 0 Å². The SMILES string of the molecule is CCCCCCCCCCCCCCSCC(=O)OC(COC(=O)CCCCCCC)COC(=O)CCCCCCC. The van der Waals surface area contributed by atoms with Crippen molar-refractivity contribution in [1.29, 1.82) is 0 Å². The summed E-state index contributed by atoms with van der Waals surface area (Å²) >= 11 is 1.58. The third kappa shape index (κ3) is 30.2. The van der Waals surface area contributed by atoms with E-state index in [-0.39, 0.29) is 36.9 Å². The van der Waals surface area contributed by atoms with E-state index in [1.807, 2.05) is 0 Å². The number of esters is 3. The average Bonchev–Trinajstić information content (AvgIpc) is 2.98. The fraction of sp³-hybridized carbons (Fsp3) is 0.914. The summed E-state index contributed by atoms with van der Waals surface area (Å²) in [6.45, 7) is 6.43. The van der Waals surface area contributed by atoms with Gasteiger partial charge in [0.1, 0.15) is 13.2 Å². The van der Waals surface area contributed by atoms with Gasteiger partial charge in [0.25, 0.3) is 0 Å². The van der Waals surface area contributed by atoms with Crippen LogP contribution >= 0.6 is 11.8 Å². The van der Waals surface area contributed by atoms with Crippen molar-refractivity contribution in [3.05, 3.63) is 0 Å². The molecule has 0 spiro atoms. The highest BCUT2D eigenvalue weighted by Crippen LogP contribution is 2.14. The Morgan fingerprint density at radius 1 is 0.476 bits per heavy atom. The molecule has 0 aliphatic carbocycles. The first kappa shape index (κ1) is 40.8. The van der Waals surface area contributed by atoms with Crippen LogP contribution in [0, 0.1) is 0 Å². The molecule has 0 saturated heterocycles. The highest BCUT2D eigenvalue weighted by molar-refractivity contribution is 7.99. The zero-order chi connectivity index (χ0) is 30.9. The second-order valence-electron chi connectivity index (χ2n) is 11.7. The molecule has 0 unspecified atom stereocenters. The number of ether oxygens (including phenoxy) is 3. The number of unbranched alkanes of at least 4 members (excludes halogenated alkanes) is 19. The standard InChI is InChI=1S/C35H66O6S/c1-4-7-10-13-14-15-16-17-18-19-22-25-28-42-31-35(38)41-32(29-39-33(36)26-23-20-11-8-5-2)30-40-34(37)27-24-21-12-9-6-3/h32H,4-31H2,1-3H3. The van der Waals surface area contributed by atoms with E-state index in [1.54, 1.807) is 11.8 Å². The van der Waals surface area contributed by atoms with Gasteiger partial charge in [-0.15, -0.1) is 0 Å². The summed E-state index contributed by atoms with van der Waals surface area (Å²) in [4.78, 5) is 36.8. The molecule has 0 fully saturated rings. The van der Waals surface area contributed by atoms with E-state index in [0.717, 1.165) is 63.5 Å². The Morgan fingerprint density at radius 3 is 1.24 bits per heavy atom. The molecule has 248 valence electrons. The topological polar surface area (TPSA) is 78.9 Å². The minimum atomic E-state index is -0.766. The summed E-state index contributed by atoms with van der Waals surface area (Å²) in [5.41, 5.74) is 0. The average molecular weight is 615 g/mol. The van der Waals surface area contributed by atoms with Crippen molar-refractivity contribution in [2.24, 2.45) is 0 Å². The van der Waals surface area contributed by atoms with Crippen LogP contribution in [-0.4, -0.2) is 48.7 Å². The second-order valence-corrected chi connectivity index (χ2v) is 12.9. The molecule has 0 aromatic heterocycles. The van der Waals surface area contributed by atoms with Crippen molar-refractivity contribution in [3.63, 3.8) is 0 Å². The number of rotatable bonds is 32. The van der Waals surface area contributed by atoms with Crippen LogP contribution in [0.4, 0.5) is 0 Å². The largest absolute Gasteiger partial charge is 0.462 e. The fourth-order valence-electron chi connectivity index (χ4n) is 4.80. The van der Waals surface area contributed by atoms with Crippen LogP contribution in [-0.2, 0) is 28.6 Å². The van der Waals surface area contributed by atoms with Gasteiger partial charge in [-0.05, 0) is 25.0 Å². The van der Waals surface area contributed by atoms with E-state index in [9.17, 15) is 14.4 Å². The minimum Gasteiger partial charge on any atom is -0.462 e. The lowest BCUT2D eigenvalue weighted by Gasteiger charge is -2.18. The monoisotopic (exact) mass is 614 g/mol. The molecule has 0 radical (unpaired) electrons. The molecule has 0 aromatic carbocycles. The van der Waals surface area contributed by atoms with Crippen LogP contribution in [0.15, 0.2) is 0 Å². The predicted molar refractivity (Wildman–Crippen MR) is 177 cm³/mol. The van der Waals surface area contributed by atoms with Gasteiger partial charge < -0.3 is 14.2 Å². The predicted octanol–water partition coefficient (Wildman–Crippen LogP) is 10.1. The molecule has 0 N–H and O–H groups in total. The van der Waals surface area contributed by atoms with Gasteiger partial charge in [0, 0.05) is 12.8 Å². The molecule has 7 heteroatoms. The lowest BCUT2D eigenvalue weighted by atomic mass is 10.1. The Kier molecular flexibility index (Phi) is 31.7. The van der Waals surface area contributed by atoms with E-state index in [1.165, 1.54) is 83.5 Å². The van der Waals surface area contributed by atoms with Crippen molar-refractivity contribution in [2.75, 3.05) is 24.7 Å². The molecule has 0 aliphatic rings. The first-order valence-corrected chi connectivity index (χ1v) is 18.8. The summed E-state index contributed by atoms with van der Waals surface area (Å²) in [6, 6.07) is 0. The van der Waals surface area contributed by atoms with Gasteiger partial charge >= 0.3 is 17.9 Å². The summed E-state index contributed by atoms with van der Waals surface area (Å²) in [6.07, 6.45) is 26.3. The van der Waals surface area contributed by atoms with Gasteiger partial charge in [-0.2, -0.15) is 11.8 Å². The van der Waals surface area contributed by atoms with Crippen LogP contribution < -0.4 is 0 Å². The van der Waals surface area contributed by atoms with Crippen molar-refractivity contribution in [3.8, 4) is 0 Å². The van der Waals surface area contributed by atoms with Gasteiger partial charge in [-0.1, -0.05) is 143 Å². The summed E-state index contributed by atoms with van der Waals surface area (Å²) in [7, 11) is 0. The molecule has 0 heterocycles. The molecule has 0 saturated carbocycles. The van der Waals surface area contributed by atoms with E-state index >= 15 is 0 Å². The van der Waals surface area contributed by atoms with Gasteiger partial charge in [0.15, 0.2) is 6.10 Å². The van der Waals surface area contributed by atoms with Crippen LogP contribution in [0.25, 0.3) is 0 Å². The maximum atomic E-state index is 12.5. The summed E-state index contributed by atoms with van der Waals surface area (Å²) < 4.78 is 16.3. The first-order valence-electron chi connectivity index (χ1n) is 17.6. The first-order chi connectivity index (χ1) is 20.5. The van der Waals surface area contributed by atoms with Crippen LogP contribution in [0.1, 0.15) is 175 Å². The minimum absolute atomic E-state index is 0.0767. The quantitative estimate of drug-likeness (QED) is 0.0424. The number of thioether (sulfide) groups is 1. The normalized spacial score (nSPS) is 11.1. The van der Waals surface area contributed by atoms with E-state index in [4.69, 9.17) is 14.2 Å².